The summed E-state index contributed by atoms with van der Waals surface area (Å²) in [6, 6.07) is 3.81. The van der Waals surface area contributed by atoms with Gasteiger partial charge in [-0.15, -0.1) is 11.3 Å². The molecule has 5 rings (SSSR count). The van der Waals surface area contributed by atoms with Crippen molar-refractivity contribution in [3.8, 4) is 11.3 Å². The number of esters is 1. The van der Waals surface area contributed by atoms with Gasteiger partial charge in [-0.3, -0.25) is 0 Å². The van der Waals surface area contributed by atoms with Gasteiger partial charge in [-0.05, 0) is 39.3 Å². The molecular formula is C22H21N7O3S. The topological polar surface area (TPSA) is 135 Å². The first-order valence-corrected chi connectivity index (χ1v) is 11.2. The van der Waals surface area contributed by atoms with Gasteiger partial charge in [0.25, 0.3) is 5.71 Å². The first-order chi connectivity index (χ1) is 15.9. The molecule has 0 aliphatic heterocycles. The van der Waals surface area contributed by atoms with Crippen LogP contribution in [0, 0.1) is 20.8 Å². The van der Waals surface area contributed by atoms with Crippen molar-refractivity contribution < 1.29 is 14.1 Å². The number of hydrogen-bond donors (Lipinski definition) is 1. The van der Waals surface area contributed by atoms with E-state index >= 15 is 0 Å². The van der Waals surface area contributed by atoms with E-state index < -0.39 is 5.97 Å². The molecule has 168 valence electrons. The number of rotatable bonds is 6. The van der Waals surface area contributed by atoms with Gasteiger partial charge in [0, 0.05) is 21.9 Å². The number of fused-ring (bicyclic) bond motifs is 2. The maximum absolute atomic E-state index is 13.0. The number of ether oxygens (including phenoxy) is 1. The molecule has 0 bridgehead atoms. The summed E-state index contributed by atoms with van der Waals surface area (Å²) in [6.45, 7) is 6.63. The molecule has 0 radical (unpaired) electrons. The molecule has 0 aliphatic rings. The van der Waals surface area contributed by atoms with Gasteiger partial charge in [-0.2, -0.15) is 0 Å². The summed E-state index contributed by atoms with van der Waals surface area (Å²) >= 11 is 1.68. The fraction of sp³-hybridized carbons (Fsp3) is 0.273. The number of pyridine rings is 1. The second kappa shape index (κ2) is 8.24. The summed E-state index contributed by atoms with van der Waals surface area (Å²) in [5, 5.41) is 4.56. The van der Waals surface area contributed by atoms with Crippen molar-refractivity contribution >= 4 is 45.4 Å². The highest BCUT2D eigenvalue weighted by molar-refractivity contribution is 7.12. The van der Waals surface area contributed by atoms with Crippen molar-refractivity contribution in [2.24, 2.45) is 0 Å². The number of hydrogen-bond acceptors (Lipinski definition) is 10. The normalized spacial score (nSPS) is 11.5. The standard InChI is InChI=1S/C22H21N7O3S/c1-11-7-14(13(3)33-11)16-8-15(17-12(2)28-32-21(17)27-16)22(30)31-6-4-5-29-10-26-18-19(23)24-9-25-20(18)29/h7-10H,4-6H2,1-3H3,(H2,23,24,25). The van der Waals surface area contributed by atoms with E-state index in [4.69, 9.17) is 15.0 Å². The fourth-order valence-corrected chi connectivity index (χ4v) is 4.75. The minimum atomic E-state index is -0.443. The monoisotopic (exact) mass is 463 g/mol. The Morgan fingerprint density at radius 1 is 1.21 bits per heavy atom. The third-order valence-electron chi connectivity index (χ3n) is 5.36. The molecule has 2 N–H and O–H groups in total. The average Bonchev–Trinajstić information content (AvgIpc) is 3.48. The minimum absolute atomic E-state index is 0.221. The van der Waals surface area contributed by atoms with Crippen molar-refractivity contribution in [1.29, 1.82) is 0 Å². The summed E-state index contributed by atoms with van der Waals surface area (Å²) in [5.41, 5.74) is 9.98. The lowest BCUT2D eigenvalue weighted by Gasteiger charge is -2.08. The number of anilines is 1. The van der Waals surface area contributed by atoms with Crippen LogP contribution in [0.5, 0.6) is 0 Å². The number of nitrogen functional groups attached to an aromatic ring is 1. The number of aromatic nitrogens is 6. The second-order valence-electron chi connectivity index (χ2n) is 7.69. The third-order valence-corrected chi connectivity index (χ3v) is 6.33. The Kier molecular flexibility index (Phi) is 5.25. The third kappa shape index (κ3) is 3.80. The second-order valence-corrected chi connectivity index (χ2v) is 9.15. The number of carbonyl (C=O) groups is 1. The lowest BCUT2D eigenvalue weighted by atomic mass is 10.1. The molecule has 5 aromatic rings. The zero-order valence-corrected chi connectivity index (χ0v) is 19.1. The van der Waals surface area contributed by atoms with E-state index in [1.807, 2.05) is 18.4 Å². The van der Waals surface area contributed by atoms with E-state index in [0.717, 1.165) is 10.4 Å². The molecule has 10 nitrogen and oxygen atoms in total. The molecule has 0 aromatic carbocycles. The SMILES string of the molecule is Cc1cc(-c2cc(C(=O)OCCCn3cnc4c(N)ncnc43)c3c(C)noc3n2)c(C)s1. The van der Waals surface area contributed by atoms with Crippen LogP contribution < -0.4 is 5.73 Å². The first kappa shape index (κ1) is 21.0. The minimum Gasteiger partial charge on any atom is -0.462 e. The molecule has 0 fully saturated rings. The van der Waals surface area contributed by atoms with Crippen molar-refractivity contribution in [2.75, 3.05) is 12.3 Å². The van der Waals surface area contributed by atoms with Crippen LogP contribution in [0.25, 0.3) is 33.5 Å². The highest BCUT2D eigenvalue weighted by Gasteiger charge is 2.21. The van der Waals surface area contributed by atoms with Gasteiger partial charge in [0.15, 0.2) is 11.5 Å². The van der Waals surface area contributed by atoms with Crippen LogP contribution in [0.2, 0.25) is 0 Å². The largest absolute Gasteiger partial charge is 0.462 e. The van der Waals surface area contributed by atoms with Crippen molar-refractivity contribution in [1.82, 2.24) is 29.7 Å². The zero-order valence-electron chi connectivity index (χ0n) is 18.3. The molecule has 33 heavy (non-hydrogen) atoms. The molecule has 0 aliphatic carbocycles. The van der Waals surface area contributed by atoms with Crippen LogP contribution in [-0.4, -0.2) is 42.2 Å². The number of aryl methyl sites for hydroxylation is 4. The molecule has 0 unspecified atom stereocenters. The maximum Gasteiger partial charge on any atom is 0.339 e. The predicted molar refractivity (Wildman–Crippen MR) is 124 cm³/mol. The summed E-state index contributed by atoms with van der Waals surface area (Å²) in [5.74, 6) is -0.107. The molecule has 0 atom stereocenters. The van der Waals surface area contributed by atoms with Gasteiger partial charge in [0.2, 0.25) is 0 Å². The predicted octanol–water partition coefficient (Wildman–Crippen LogP) is 3.85. The highest BCUT2D eigenvalue weighted by Crippen LogP contribution is 2.33. The first-order valence-electron chi connectivity index (χ1n) is 10.3. The van der Waals surface area contributed by atoms with Gasteiger partial charge in [-0.25, -0.2) is 24.7 Å². The summed E-state index contributed by atoms with van der Waals surface area (Å²) in [6.07, 6.45) is 3.63. The lowest BCUT2D eigenvalue weighted by molar-refractivity contribution is 0.0498. The Labute approximate surface area is 192 Å². The molecule has 11 heteroatoms. The van der Waals surface area contributed by atoms with Crippen molar-refractivity contribution in [2.45, 2.75) is 33.7 Å². The van der Waals surface area contributed by atoms with E-state index in [1.54, 1.807) is 30.7 Å². The molecule has 0 saturated heterocycles. The van der Waals surface area contributed by atoms with Crippen molar-refractivity contribution in [3.63, 3.8) is 0 Å². The van der Waals surface area contributed by atoms with Crippen LogP contribution in [0.15, 0.2) is 29.3 Å². The lowest BCUT2D eigenvalue weighted by Crippen LogP contribution is -2.10. The number of carbonyl (C=O) groups excluding carboxylic acids is 1. The highest BCUT2D eigenvalue weighted by atomic mass is 32.1. The van der Waals surface area contributed by atoms with E-state index in [-0.39, 0.29) is 6.61 Å². The Morgan fingerprint density at radius 2 is 2.06 bits per heavy atom. The summed E-state index contributed by atoms with van der Waals surface area (Å²) < 4.78 is 12.8. The molecule has 5 aromatic heterocycles. The Hall–Kier alpha value is -3.86. The van der Waals surface area contributed by atoms with Gasteiger partial charge >= 0.3 is 5.97 Å². The van der Waals surface area contributed by atoms with Crippen LogP contribution in [0.4, 0.5) is 5.82 Å². The van der Waals surface area contributed by atoms with E-state index in [1.165, 1.54) is 11.2 Å². The van der Waals surface area contributed by atoms with Gasteiger partial charge in [-0.1, -0.05) is 5.16 Å². The van der Waals surface area contributed by atoms with Crippen LogP contribution in [0.3, 0.4) is 0 Å². The Balaban J connectivity index is 1.35. The number of nitrogens with zero attached hydrogens (tertiary/aromatic N) is 6. The van der Waals surface area contributed by atoms with Crippen LogP contribution >= 0.6 is 11.3 Å². The van der Waals surface area contributed by atoms with E-state index in [9.17, 15) is 4.79 Å². The smallest absolute Gasteiger partial charge is 0.339 e. The van der Waals surface area contributed by atoms with Gasteiger partial charge in [0.1, 0.15) is 11.8 Å². The average molecular weight is 464 g/mol. The zero-order chi connectivity index (χ0) is 23.1. The molecule has 0 saturated carbocycles. The number of thiophene rings is 1. The maximum atomic E-state index is 13.0. The summed E-state index contributed by atoms with van der Waals surface area (Å²) in [4.78, 5) is 32.3. The summed E-state index contributed by atoms with van der Waals surface area (Å²) in [7, 11) is 0. The van der Waals surface area contributed by atoms with E-state index in [2.05, 4.69) is 31.2 Å². The molecule has 0 spiro atoms. The molecule has 5 heterocycles. The quantitative estimate of drug-likeness (QED) is 0.294. The fourth-order valence-electron chi connectivity index (χ4n) is 3.82. The Bertz CT molecular complexity index is 1500. The van der Waals surface area contributed by atoms with E-state index in [0.29, 0.717) is 58.0 Å². The Morgan fingerprint density at radius 3 is 2.85 bits per heavy atom. The number of nitrogens with two attached hydrogens (primary N) is 1. The van der Waals surface area contributed by atoms with Gasteiger partial charge in [0.05, 0.1) is 35.3 Å². The molecule has 0 amide bonds. The number of imidazole rings is 1. The van der Waals surface area contributed by atoms with Crippen molar-refractivity contribution in [3.05, 3.63) is 45.8 Å². The molecular weight excluding hydrogens is 442 g/mol. The van der Waals surface area contributed by atoms with Crippen LogP contribution in [-0.2, 0) is 11.3 Å². The van der Waals surface area contributed by atoms with Crippen LogP contribution in [0.1, 0.15) is 32.2 Å². The van der Waals surface area contributed by atoms with Gasteiger partial charge < -0.3 is 19.6 Å².